The van der Waals surface area contributed by atoms with Gasteiger partial charge in [0.15, 0.2) is 18.1 Å². The molecule has 156 valence electrons. The molecule has 0 saturated heterocycles. The number of esters is 1. The number of hydrogen-bond acceptors (Lipinski definition) is 6. The van der Waals surface area contributed by atoms with Gasteiger partial charge in [0.05, 0.1) is 20.8 Å². The molecule has 8 nitrogen and oxygen atoms in total. The number of benzene rings is 1. The van der Waals surface area contributed by atoms with Crippen LogP contribution >= 0.6 is 0 Å². The van der Waals surface area contributed by atoms with E-state index in [1.54, 1.807) is 26.4 Å². The van der Waals surface area contributed by atoms with Crippen molar-refractivity contribution in [1.29, 1.82) is 0 Å². The van der Waals surface area contributed by atoms with Gasteiger partial charge in [-0.3, -0.25) is 14.4 Å². The zero-order valence-corrected chi connectivity index (χ0v) is 17.5. The van der Waals surface area contributed by atoms with E-state index in [2.05, 4.69) is 5.32 Å². The lowest BCUT2D eigenvalue weighted by Gasteiger charge is -2.23. The van der Waals surface area contributed by atoms with Crippen molar-refractivity contribution in [3.8, 4) is 11.5 Å². The topological polar surface area (TPSA) is 94.2 Å². The summed E-state index contributed by atoms with van der Waals surface area (Å²) in [6, 6.07) is 5.39. The van der Waals surface area contributed by atoms with Crippen molar-refractivity contribution in [3.63, 3.8) is 0 Å². The molecule has 0 saturated carbocycles. The number of methoxy groups -OCH3 is 2. The molecule has 1 N–H and O–H groups in total. The van der Waals surface area contributed by atoms with Crippen LogP contribution in [0.25, 0.3) is 0 Å². The number of carbonyl (C=O) groups is 3. The van der Waals surface area contributed by atoms with Crippen LogP contribution in [0.15, 0.2) is 18.2 Å². The molecule has 0 heterocycles. The Morgan fingerprint density at radius 1 is 1.07 bits per heavy atom. The molecule has 28 heavy (non-hydrogen) atoms. The van der Waals surface area contributed by atoms with Crippen molar-refractivity contribution >= 4 is 17.8 Å². The van der Waals surface area contributed by atoms with Crippen LogP contribution < -0.4 is 14.8 Å². The number of likely N-dealkylation sites (N-methyl/N-ethyl adjacent to an activating group) is 1. The van der Waals surface area contributed by atoms with Gasteiger partial charge in [0, 0.05) is 19.0 Å². The fraction of sp³-hybridized carbons (Fsp3) is 0.550. The summed E-state index contributed by atoms with van der Waals surface area (Å²) in [6.45, 7) is 5.07. The van der Waals surface area contributed by atoms with Crippen LogP contribution in [0, 0.1) is 0 Å². The van der Waals surface area contributed by atoms with Crippen molar-refractivity contribution in [2.75, 3.05) is 34.4 Å². The van der Waals surface area contributed by atoms with Crippen molar-refractivity contribution in [3.05, 3.63) is 23.8 Å². The summed E-state index contributed by atoms with van der Waals surface area (Å²) in [5.41, 5.74) is 0.509. The van der Waals surface area contributed by atoms with E-state index in [1.807, 2.05) is 26.8 Å². The summed E-state index contributed by atoms with van der Waals surface area (Å²) in [5, 5.41) is 2.77. The Morgan fingerprint density at radius 2 is 1.71 bits per heavy atom. The summed E-state index contributed by atoms with van der Waals surface area (Å²) in [5.74, 6) is -0.0148. The number of rotatable bonds is 9. The van der Waals surface area contributed by atoms with Crippen LogP contribution in [-0.4, -0.2) is 62.6 Å². The maximum atomic E-state index is 12.0. The van der Waals surface area contributed by atoms with Crippen molar-refractivity contribution in [1.82, 2.24) is 10.2 Å². The third-order valence-corrected chi connectivity index (χ3v) is 3.74. The van der Waals surface area contributed by atoms with E-state index in [0.717, 1.165) is 5.56 Å². The van der Waals surface area contributed by atoms with Crippen molar-refractivity contribution in [2.45, 2.75) is 39.2 Å². The van der Waals surface area contributed by atoms with Gasteiger partial charge < -0.3 is 24.4 Å². The summed E-state index contributed by atoms with van der Waals surface area (Å²) < 4.78 is 15.4. The van der Waals surface area contributed by atoms with Gasteiger partial charge in [0.25, 0.3) is 5.91 Å². The molecule has 0 aliphatic carbocycles. The third-order valence-electron chi connectivity index (χ3n) is 3.74. The van der Waals surface area contributed by atoms with Crippen molar-refractivity contribution < 1.29 is 28.6 Å². The Morgan fingerprint density at radius 3 is 2.29 bits per heavy atom. The summed E-state index contributed by atoms with van der Waals surface area (Å²) in [7, 11) is 4.58. The van der Waals surface area contributed by atoms with Gasteiger partial charge in [0.1, 0.15) is 0 Å². The second-order valence-corrected chi connectivity index (χ2v) is 7.40. The first kappa shape index (κ1) is 23.3. The smallest absolute Gasteiger partial charge is 0.306 e. The second kappa shape index (κ2) is 10.5. The molecule has 1 aromatic carbocycles. The first-order valence-electron chi connectivity index (χ1n) is 8.97. The van der Waals surface area contributed by atoms with Crippen LogP contribution in [0.4, 0.5) is 0 Å². The highest BCUT2D eigenvalue weighted by atomic mass is 16.5. The van der Waals surface area contributed by atoms with Crippen LogP contribution in [0.5, 0.6) is 11.5 Å². The standard InChI is InChI=1S/C20H30N2O6/c1-20(2,3)21-17(23)12-22(4)18(24)13-28-19(25)10-8-14-7-9-15(26-5)16(11-14)27-6/h7,9,11H,8,10,12-13H2,1-6H3,(H,21,23). The highest BCUT2D eigenvalue weighted by Crippen LogP contribution is 2.27. The molecular weight excluding hydrogens is 364 g/mol. The maximum Gasteiger partial charge on any atom is 0.306 e. The van der Waals surface area contributed by atoms with Crippen LogP contribution in [0.3, 0.4) is 0 Å². The lowest BCUT2D eigenvalue weighted by atomic mass is 10.1. The average molecular weight is 394 g/mol. The second-order valence-electron chi connectivity index (χ2n) is 7.40. The van der Waals surface area contributed by atoms with E-state index < -0.39 is 18.5 Å². The molecule has 0 unspecified atom stereocenters. The number of aryl methyl sites for hydroxylation is 1. The van der Waals surface area contributed by atoms with E-state index in [9.17, 15) is 14.4 Å². The SMILES string of the molecule is COc1ccc(CCC(=O)OCC(=O)N(C)CC(=O)NC(C)(C)C)cc1OC. The highest BCUT2D eigenvalue weighted by molar-refractivity contribution is 5.86. The van der Waals surface area contributed by atoms with Gasteiger partial charge in [0.2, 0.25) is 5.91 Å². The van der Waals surface area contributed by atoms with Crippen LogP contribution in [-0.2, 0) is 25.5 Å². The third kappa shape index (κ3) is 8.28. The van der Waals surface area contributed by atoms with E-state index in [4.69, 9.17) is 14.2 Å². The van der Waals surface area contributed by atoms with Crippen molar-refractivity contribution in [2.24, 2.45) is 0 Å². The fourth-order valence-electron chi connectivity index (χ4n) is 2.37. The number of hydrogen-bond donors (Lipinski definition) is 1. The maximum absolute atomic E-state index is 12.0. The summed E-state index contributed by atoms with van der Waals surface area (Å²) in [6.07, 6.45) is 0.564. The molecular formula is C20H30N2O6. The molecule has 0 aromatic heterocycles. The average Bonchev–Trinajstić information content (AvgIpc) is 2.62. The van der Waals surface area contributed by atoms with E-state index in [1.165, 1.54) is 11.9 Å². The van der Waals surface area contributed by atoms with Crippen LogP contribution in [0.2, 0.25) is 0 Å². The Kier molecular flexibility index (Phi) is 8.76. The minimum atomic E-state index is -0.490. The fourth-order valence-corrected chi connectivity index (χ4v) is 2.37. The molecule has 0 radical (unpaired) electrons. The van der Waals surface area contributed by atoms with E-state index in [-0.39, 0.29) is 24.4 Å². The first-order valence-corrected chi connectivity index (χ1v) is 8.97. The number of ether oxygens (including phenoxy) is 3. The number of nitrogens with one attached hydrogen (secondary N) is 1. The Hall–Kier alpha value is -2.77. The first-order chi connectivity index (χ1) is 13.1. The Balaban J connectivity index is 2.41. The van der Waals surface area contributed by atoms with Gasteiger partial charge in [-0.25, -0.2) is 0 Å². The molecule has 2 amide bonds. The molecule has 0 fully saturated rings. The highest BCUT2D eigenvalue weighted by Gasteiger charge is 2.18. The zero-order chi connectivity index (χ0) is 21.3. The summed E-state index contributed by atoms with van der Waals surface area (Å²) >= 11 is 0. The molecule has 1 aromatic rings. The zero-order valence-electron chi connectivity index (χ0n) is 17.5. The minimum absolute atomic E-state index is 0.0979. The monoisotopic (exact) mass is 394 g/mol. The van der Waals surface area contributed by atoms with Gasteiger partial charge in [-0.2, -0.15) is 0 Å². The lowest BCUT2D eigenvalue weighted by molar-refractivity contribution is -0.152. The van der Waals surface area contributed by atoms with Gasteiger partial charge in [-0.1, -0.05) is 6.07 Å². The molecule has 0 bridgehead atoms. The van der Waals surface area contributed by atoms with E-state index in [0.29, 0.717) is 17.9 Å². The van der Waals surface area contributed by atoms with Crippen LogP contribution in [0.1, 0.15) is 32.8 Å². The molecule has 0 aliphatic rings. The predicted octanol–water partition coefficient (Wildman–Crippen LogP) is 1.55. The minimum Gasteiger partial charge on any atom is -0.493 e. The molecule has 8 heteroatoms. The Bertz CT molecular complexity index is 696. The number of carbonyl (C=O) groups excluding carboxylic acids is 3. The predicted molar refractivity (Wildman–Crippen MR) is 104 cm³/mol. The van der Waals surface area contributed by atoms with Gasteiger partial charge in [-0.15, -0.1) is 0 Å². The Labute approximate surface area is 166 Å². The molecule has 0 spiro atoms. The number of amides is 2. The van der Waals surface area contributed by atoms with E-state index >= 15 is 0 Å². The molecule has 1 rings (SSSR count). The molecule has 0 aliphatic heterocycles. The summed E-state index contributed by atoms with van der Waals surface area (Å²) in [4.78, 5) is 37.0. The van der Waals surface area contributed by atoms with Gasteiger partial charge >= 0.3 is 5.97 Å². The lowest BCUT2D eigenvalue weighted by Crippen LogP contribution is -2.46. The number of nitrogens with zero attached hydrogens (tertiary/aromatic N) is 1. The molecule has 0 atom stereocenters. The normalized spacial score (nSPS) is 10.8. The largest absolute Gasteiger partial charge is 0.493 e. The van der Waals surface area contributed by atoms with Gasteiger partial charge in [-0.05, 0) is 44.9 Å². The quantitative estimate of drug-likeness (QED) is 0.639.